The van der Waals surface area contributed by atoms with E-state index in [-0.39, 0.29) is 30.2 Å². The third kappa shape index (κ3) is 7.41. The molecule has 2 aromatic rings. The fourth-order valence-corrected chi connectivity index (χ4v) is 4.73. The van der Waals surface area contributed by atoms with Crippen molar-refractivity contribution in [3.05, 3.63) is 53.6 Å². The topological polar surface area (TPSA) is 57.0 Å². The van der Waals surface area contributed by atoms with Gasteiger partial charge in [0.25, 0.3) is 0 Å². The van der Waals surface area contributed by atoms with Gasteiger partial charge in [0.1, 0.15) is 0 Å². The summed E-state index contributed by atoms with van der Waals surface area (Å²) in [4.78, 5) is 2.61. The highest BCUT2D eigenvalue weighted by Gasteiger charge is 2.34. The highest BCUT2D eigenvalue weighted by Crippen LogP contribution is 2.38. The first-order valence-corrected chi connectivity index (χ1v) is 11.4. The van der Waals surface area contributed by atoms with Crippen LogP contribution >= 0.6 is 24.8 Å². The molecule has 2 N–H and O–H groups in total. The molecular formula is C26H40Cl2N2O3. The van der Waals surface area contributed by atoms with Gasteiger partial charge in [0.2, 0.25) is 5.75 Å². The fourth-order valence-electron chi connectivity index (χ4n) is 4.73. The Morgan fingerprint density at radius 2 is 1.45 bits per heavy atom. The Labute approximate surface area is 211 Å². The van der Waals surface area contributed by atoms with Crippen molar-refractivity contribution >= 4 is 24.8 Å². The molecule has 1 aliphatic heterocycles. The zero-order chi connectivity index (χ0) is 22.1. The average molecular weight is 500 g/mol. The van der Waals surface area contributed by atoms with Crippen molar-refractivity contribution in [2.45, 2.75) is 43.9 Å². The van der Waals surface area contributed by atoms with Crippen molar-refractivity contribution in [3.8, 4) is 17.2 Å². The largest absolute Gasteiger partial charge is 0.493 e. The van der Waals surface area contributed by atoms with Crippen LogP contribution in [0.2, 0.25) is 0 Å². The molecule has 1 fully saturated rings. The van der Waals surface area contributed by atoms with Crippen LogP contribution in [0.5, 0.6) is 17.2 Å². The van der Waals surface area contributed by atoms with Crippen LogP contribution in [0.4, 0.5) is 0 Å². The molecular weight excluding hydrogens is 459 g/mol. The van der Waals surface area contributed by atoms with Crippen LogP contribution in [0, 0.1) is 0 Å². The molecule has 5 nitrogen and oxygen atoms in total. The quantitative estimate of drug-likeness (QED) is 0.428. The molecule has 0 bridgehead atoms. The minimum Gasteiger partial charge on any atom is -0.493 e. The Morgan fingerprint density at radius 1 is 0.848 bits per heavy atom. The van der Waals surface area contributed by atoms with Crippen LogP contribution in [-0.4, -0.2) is 52.4 Å². The first kappa shape index (κ1) is 29.4. The molecule has 2 aromatic carbocycles. The van der Waals surface area contributed by atoms with Gasteiger partial charge in [-0.25, -0.2) is 0 Å². The molecule has 1 heterocycles. The lowest BCUT2D eigenvalue weighted by atomic mass is 9.73. The molecule has 0 atom stereocenters. The van der Waals surface area contributed by atoms with Crippen LogP contribution < -0.4 is 19.9 Å². The molecule has 0 aliphatic carbocycles. The van der Waals surface area contributed by atoms with Crippen LogP contribution in [0.1, 0.15) is 43.2 Å². The monoisotopic (exact) mass is 498 g/mol. The number of methoxy groups -OCH3 is 3. The van der Waals surface area contributed by atoms with Crippen LogP contribution in [0.15, 0.2) is 42.5 Å². The maximum atomic E-state index is 6.23. The normalized spacial score (nSPS) is 15.2. The van der Waals surface area contributed by atoms with Crippen molar-refractivity contribution in [2.24, 2.45) is 5.73 Å². The van der Waals surface area contributed by atoms with Crippen molar-refractivity contribution in [3.63, 3.8) is 0 Å². The highest BCUT2D eigenvalue weighted by molar-refractivity contribution is 5.85. The number of nitrogens with zero attached hydrogens (tertiary/aromatic N) is 1. The standard InChI is InChI=1S/C26H38N2O3.2ClH/c1-29-23-18-21(19-24(30-2)25(23)31-3)10-6-5-9-15-28-16-13-26(20-27,14-17-28)22-11-7-4-8-12-22;;/h4,7-8,11-12,18-19H,5-6,9-10,13-17,20,27H2,1-3H3;2*1H. The molecule has 0 aromatic heterocycles. The van der Waals surface area contributed by atoms with E-state index < -0.39 is 0 Å². The third-order valence-corrected chi connectivity index (χ3v) is 6.75. The Morgan fingerprint density at radius 3 is 1.97 bits per heavy atom. The smallest absolute Gasteiger partial charge is 0.203 e. The summed E-state index contributed by atoms with van der Waals surface area (Å²) >= 11 is 0. The van der Waals surface area contributed by atoms with Gasteiger partial charge in [-0.15, -0.1) is 24.8 Å². The van der Waals surface area contributed by atoms with E-state index in [4.69, 9.17) is 19.9 Å². The molecule has 3 rings (SSSR count). The van der Waals surface area contributed by atoms with E-state index in [2.05, 4.69) is 47.4 Å². The Balaban J connectivity index is 0.00000272. The summed E-state index contributed by atoms with van der Waals surface area (Å²) in [6.07, 6.45) is 6.92. The molecule has 1 aliphatic rings. The number of aryl methyl sites for hydroxylation is 1. The van der Waals surface area contributed by atoms with E-state index in [0.717, 1.165) is 56.8 Å². The summed E-state index contributed by atoms with van der Waals surface area (Å²) in [6.45, 7) is 4.18. The number of hydrogen-bond acceptors (Lipinski definition) is 5. The second-order valence-corrected chi connectivity index (χ2v) is 8.54. The lowest BCUT2D eigenvalue weighted by Crippen LogP contribution is -2.46. The number of nitrogens with two attached hydrogens (primary N) is 1. The Bertz CT molecular complexity index is 787. The van der Waals surface area contributed by atoms with Gasteiger partial charge in [0.15, 0.2) is 11.5 Å². The van der Waals surface area contributed by atoms with E-state index in [9.17, 15) is 0 Å². The summed E-state index contributed by atoms with van der Waals surface area (Å²) in [6, 6.07) is 14.9. The zero-order valence-corrected chi connectivity index (χ0v) is 21.8. The molecule has 1 saturated heterocycles. The van der Waals surface area contributed by atoms with Crippen molar-refractivity contribution in [1.82, 2.24) is 4.90 Å². The lowest BCUT2D eigenvalue weighted by molar-refractivity contribution is 0.160. The molecule has 186 valence electrons. The van der Waals surface area contributed by atoms with Crippen LogP contribution in [0.25, 0.3) is 0 Å². The number of unbranched alkanes of at least 4 members (excludes halogenated alkanes) is 2. The molecule has 0 radical (unpaired) electrons. The molecule has 0 spiro atoms. The number of piperidine rings is 1. The van der Waals surface area contributed by atoms with Gasteiger partial charge in [-0.3, -0.25) is 0 Å². The number of halogens is 2. The van der Waals surface area contributed by atoms with Crippen molar-refractivity contribution in [2.75, 3.05) is 47.5 Å². The van der Waals surface area contributed by atoms with Gasteiger partial charge in [-0.2, -0.15) is 0 Å². The van der Waals surface area contributed by atoms with E-state index in [0.29, 0.717) is 5.75 Å². The number of likely N-dealkylation sites (tertiary alicyclic amines) is 1. The minimum atomic E-state index is 0. The van der Waals surface area contributed by atoms with Crippen molar-refractivity contribution in [1.29, 1.82) is 0 Å². The number of ether oxygens (including phenoxy) is 3. The van der Waals surface area contributed by atoms with Gasteiger partial charge in [-0.1, -0.05) is 36.8 Å². The Hall–Kier alpha value is -1.66. The molecule has 0 amide bonds. The van der Waals surface area contributed by atoms with E-state index in [1.54, 1.807) is 21.3 Å². The molecule has 0 unspecified atom stereocenters. The van der Waals surface area contributed by atoms with E-state index in [1.807, 2.05) is 0 Å². The minimum absolute atomic E-state index is 0. The second kappa shape index (κ2) is 14.6. The molecule has 33 heavy (non-hydrogen) atoms. The summed E-state index contributed by atoms with van der Waals surface area (Å²) in [5.74, 6) is 2.11. The van der Waals surface area contributed by atoms with Gasteiger partial charge < -0.3 is 24.8 Å². The van der Waals surface area contributed by atoms with Crippen LogP contribution in [0.3, 0.4) is 0 Å². The SMILES string of the molecule is COc1cc(CCCCCN2CCC(CN)(c3ccccc3)CC2)cc(OC)c1OC.Cl.Cl. The average Bonchev–Trinajstić information content (AvgIpc) is 2.84. The van der Waals surface area contributed by atoms with Gasteiger partial charge in [-0.05, 0) is 75.0 Å². The van der Waals surface area contributed by atoms with E-state index in [1.165, 1.54) is 30.5 Å². The third-order valence-electron chi connectivity index (χ3n) is 6.75. The maximum Gasteiger partial charge on any atom is 0.203 e. The van der Waals surface area contributed by atoms with E-state index >= 15 is 0 Å². The predicted octanol–water partition coefficient (Wildman–Crippen LogP) is 5.26. The second-order valence-electron chi connectivity index (χ2n) is 8.54. The predicted molar refractivity (Wildman–Crippen MR) is 141 cm³/mol. The molecule has 7 heteroatoms. The summed E-state index contributed by atoms with van der Waals surface area (Å²) in [7, 11) is 4.96. The van der Waals surface area contributed by atoms with Crippen molar-refractivity contribution < 1.29 is 14.2 Å². The van der Waals surface area contributed by atoms with Gasteiger partial charge >= 0.3 is 0 Å². The maximum absolute atomic E-state index is 6.23. The fraction of sp³-hybridized carbons (Fsp3) is 0.538. The highest BCUT2D eigenvalue weighted by atomic mass is 35.5. The Kier molecular flexibility index (Phi) is 13.0. The van der Waals surface area contributed by atoms with Crippen LogP contribution in [-0.2, 0) is 11.8 Å². The number of rotatable bonds is 11. The first-order valence-electron chi connectivity index (χ1n) is 11.4. The first-order chi connectivity index (χ1) is 15.2. The number of benzene rings is 2. The summed E-state index contributed by atoms with van der Waals surface area (Å²) < 4.78 is 16.3. The zero-order valence-electron chi connectivity index (χ0n) is 20.2. The number of hydrogen-bond donors (Lipinski definition) is 1. The molecule has 0 saturated carbocycles. The lowest BCUT2D eigenvalue weighted by Gasteiger charge is -2.41. The summed E-state index contributed by atoms with van der Waals surface area (Å²) in [5.41, 5.74) is 9.01. The van der Waals surface area contributed by atoms with Gasteiger partial charge in [0, 0.05) is 12.0 Å². The van der Waals surface area contributed by atoms with Gasteiger partial charge in [0.05, 0.1) is 21.3 Å². The summed E-state index contributed by atoms with van der Waals surface area (Å²) in [5, 5.41) is 0.